The lowest BCUT2D eigenvalue weighted by Gasteiger charge is -1.99. The molecule has 0 aliphatic carbocycles. The van der Waals surface area contributed by atoms with E-state index in [4.69, 9.17) is 4.74 Å². The number of nitrogens with zero attached hydrogens (tertiary/aromatic N) is 1. The fraction of sp³-hybridized carbons (Fsp3) is 0.0588. The average Bonchev–Trinajstić information content (AvgIpc) is 2.83. The number of halogens is 1. The maximum absolute atomic E-state index is 12.9. The summed E-state index contributed by atoms with van der Waals surface area (Å²) in [5.74, 6) is -0.539. The highest BCUT2D eigenvalue weighted by molar-refractivity contribution is 6.12. The van der Waals surface area contributed by atoms with Crippen LogP contribution in [0, 0.1) is 12.7 Å². The summed E-state index contributed by atoms with van der Waals surface area (Å²) in [7, 11) is 0. The molecule has 0 spiro atoms. The van der Waals surface area contributed by atoms with E-state index in [0.29, 0.717) is 5.56 Å². The fourth-order valence-electron chi connectivity index (χ4n) is 2.03. The quantitative estimate of drug-likeness (QED) is 0.624. The van der Waals surface area contributed by atoms with Crippen molar-refractivity contribution in [1.82, 2.24) is 0 Å². The number of hydrogen-bond donors (Lipinski definition) is 0. The average molecular weight is 281 g/mol. The van der Waals surface area contributed by atoms with Crippen LogP contribution in [0.25, 0.3) is 6.08 Å². The first-order chi connectivity index (χ1) is 10.1. The Labute approximate surface area is 121 Å². The molecule has 1 aliphatic rings. The van der Waals surface area contributed by atoms with Crippen LogP contribution < -0.4 is 0 Å². The normalized spacial score (nSPS) is 16.0. The Morgan fingerprint density at radius 3 is 2.62 bits per heavy atom. The van der Waals surface area contributed by atoms with Gasteiger partial charge in [0.2, 0.25) is 5.90 Å². The highest BCUT2D eigenvalue weighted by Crippen LogP contribution is 2.19. The highest BCUT2D eigenvalue weighted by Gasteiger charge is 2.24. The second-order valence-electron chi connectivity index (χ2n) is 4.76. The molecule has 1 heterocycles. The summed E-state index contributed by atoms with van der Waals surface area (Å²) in [5, 5.41) is 0. The SMILES string of the molecule is Cc1cccc(C2=NC(=Cc3ccc(F)cc3)C(=O)O2)c1. The largest absolute Gasteiger partial charge is 0.402 e. The van der Waals surface area contributed by atoms with Crippen molar-refractivity contribution >= 4 is 17.9 Å². The number of carbonyl (C=O) groups is 1. The lowest BCUT2D eigenvalue weighted by atomic mass is 10.1. The summed E-state index contributed by atoms with van der Waals surface area (Å²) in [5.41, 5.74) is 2.71. The number of esters is 1. The van der Waals surface area contributed by atoms with Crippen LogP contribution in [0.3, 0.4) is 0 Å². The molecular weight excluding hydrogens is 269 g/mol. The first kappa shape index (κ1) is 13.2. The van der Waals surface area contributed by atoms with E-state index < -0.39 is 5.97 Å². The maximum atomic E-state index is 12.9. The molecule has 3 nitrogen and oxygen atoms in total. The molecule has 0 N–H and O–H groups in total. The van der Waals surface area contributed by atoms with Crippen LogP contribution in [0.15, 0.2) is 59.2 Å². The number of cyclic esters (lactones) is 1. The van der Waals surface area contributed by atoms with Crippen LogP contribution in [-0.4, -0.2) is 11.9 Å². The van der Waals surface area contributed by atoms with Crippen molar-refractivity contribution in [3.63, 3.8) is 0 Å². The van der Waals surface area contributed by atoms with Gasteiger partial charge in [0.15, 0.2) is 5.70 Å². The van der Waals surface area contributed by atoms with Crippen molar-refractivity contribution in [3.05, 3.63) is 76.7 Å². The molecule has 4 heteroatoms. The number of ether oxygens (including phenoxy) is 1. The molecule has 2 aromatic carbocycles. The summed E-state index contributed by atoms with van der Waals surface area (Å²) in [6.45, 7) is 1.95. The second kappa shape index (κ2) is 5.32. The number of hydrogen-bond acceptors (Lipinski definition) is 3. The third-order valence-electron chi connectivity index (χ3n) is 3.06. The van der Waals surface area contributed by atoms with Crippen molar-refractivity contribution in [2.75, 3.05) is 0 Å². The lowest BCUT2D eigenvalue weighted by Crippen LogP contribution is -2.05. The van der Waals surface area contributed by atoms with Crippen molar-refractivity contribution in [2.45, 2.75) is 6.92 Å². The Morgan fingerprint density at radius 1 is 1.14 bits per heavy atom. The van der Waals surface area contributed by atoms with Crippen LogP contribution in [0.1, 0.15) is 16.7 Å². The molecular formula is C17H12FNO2. The molecule has 0 fully saturated rings. The second-order valence-corrected chi connectivity index (χ2v) is 4.76. The standard InChI is InChI=1S/C17H12FNO2/c1-11-3-2-4-13(9-11)16-19-15(17(20)21-16)10-12-5-7-14(18)8-6-12/h2-10H,1H3. The Balaban J connectivity index is 1.93. The molecule has 104 valence electrons. The molecule has 0 saturated heterocycles. The third kappa shape index (κ3) is 2.89. The minimum Gasteiger partial charge on any atom is -0.402 e. The summed E-state index contributed by atoms with van der Waals surface area (Å²) in [6.07, 6.45) is 1.57. The van der Waals surface area contributed by atoms with Crippen LogP contribution in [0.4, 0.5) is 4.39 Å². The van der Waals surface area contributed by atoms with E-state index in [0.717, 1.165) is 11.1 Å². The molecule has 0 amide bonds. The van der Waals surface area contributed by atoms with Gasteiger partial charge in [0.25, 0.3) is 0 Å². The minimum absolute atomic E-state index is 0.207. The first-order valence-corrected chi connectivity index (χ1v) is 6.47. The van der Waals surface area contributed by atoms with Crippen LogP contribution in [0.2, 0.25) is 0 Å². The summed E-state index contributed by atoms with van der Waals surface area (Å²) >= 11 is 0. The van der Waals surface area contributed by atoms with Crippen LogP contribution in [-0.2, 0) is 9.53 Å². The van der Waals surface area contributed by atoms with E-state index in [-0.39, 0.29) is 17.4 Å². The first-order valence-electron chi connectivity index (χ1n) is 6.47. The van der Waals surface area contributed by atoms with Gasteiger partial charge in [-0.05, 0) is 42.8 Å². The monoisotopic (exact) mass is 281 g/mol. The zero-order chi connectivity index (χ0) is 14.8. The van der Waals surface area contributed by atoms with E-state index in [9.17, 15) is 9.18 Å². The van der Waals surface area contributed by atoms with Crippen molar-refractivity contribution < 1.29 is 13.9 Å². The number of aliphatic imine (C=N–C) groups is 1. The van der Waals surface area contributed by atoms with E-state index in [1.165, 1.54) is 12.1 Å². The molecule has 2 aromatic rings. The van der Waals surface area contributed by atoms with E-state index in [2.05, 4.69) is 4.99 Å². The zero-order valence-corrected chi connectivity index (χ0v) is 11.3. The van der Waals surface area contributed by atoms with Gasteiger partial charge in [-0.15, -0.1) is 0 Å². The van der Waals surface area contributed by atoms with Gasteiger partial charge >= 0.3 is 5.97 Å². The molecule has 0 unspecified atom stereocenters. The highest BCUT2D eigenvalue weighted by atomic mass is 19.1. The molecule has 3 rings (SSSR count). The van der Waals surface area contributed by atoms with Gasteiger partial charge in [-0.3, -0.25) is 0 Å². The van der Waals surface area contributed by atoms with Gasteiger partial charge in [-0.2, -0.15) is 0 Å². The van der Waals surface area contributed by atoms with Gasteiger partial charge < -0.3 is 4.74 Å². The van der Waals surface area contributed by atoms with Gasteiger partial charge in [0, 0.05) is 5.56 Å². The topological polar surface area (TPSA) is 38.7 Å². The van der Waals surface area contributed by atoms with E-state index >= 15 is 0 Å². The summed E-state index contributed by atoms with van der Waals surface area (Å²) in [4.78, 5) is 16.0. The smallest absolute Gasteiger partial charge is 0.363 e. The lowest BCUT2D eigenvalue weighted by molar-refractivity contribution is -0.129. The van der Waals surface area contributed by atoms with E-state index in [1.807, 2.05) is 31.2 Å². The molecule has 21 heavy (non-hydrogen) atoms. The van der Waals surface area contributed by atoms with Gasteiger partial charge in [0.05, 0.1) is 0 Å². The Kier molecular flexibility index (Phi) is 3.36. The number of aryl methyl sites for hydroxylation is 1. The van der Waals surface area contributed by atoms with Crippen molar-refractivity contribution in [1.29, 1.82) is 0 Å². The number of rotatable bonds is 2. The predicted octanol–water partition coefficient (Wildman–Crippen LogP) is 3.48. The summed E-state index contributed by atoms with van der Waals surface area (Å²) in [6, 6.07) is 13.4. The number of carbonyl (C=O) groups excluding carboxylic acids is 1. The molecule has 1 aliphatic heterocycles. The Morgan fingerprint density at radius 2 is 1.90 bits per heavy atom. The molecule has 0 atom stereocenters. The van der Waals surface area contributed by atoms with Crippen molar-refractivity contribution in [3.8, 4) is 0 Å². The predicted molar refractivity (Wildman–Crippen MR) is 78.2 cm³/mol. The summed E-state index contributed by atoms with van der Waals surface area (Å²) < 4.78 is 18.0. The van der Waals surface area contributed by atoms with Crippen molar-refractivity contribution in [2.24, 2.45) is 4.99 Å². The molecule has 0 saturated carbocycles. The Hall–Kier alpha value is -2.75. The minimum atomic E-state index is -0.504. The molecule has 0 aromatic heterocycles. The zero-order valence-electron chi connectivity index (χ0n) is 11.3. The molecule has 0 radical (unpaired) electrons. The van der Waals surface area contributed by atoms with E-state index in [1.54, 1.807) is 18.2 Å². The maximum Gasteiger partial charge on any atom is 0.363 e. The third-order valence-corrected chi connectivity index (χ3v) is 3.06. The van der Waals surface area contributed by atoms with Gasteiger partial charge in [-0.25, -0.2) is 14.2 Å². The van der Waals surface area contributed by atoms with Gasteiger partial charge in [0.1, 0.15) is 5.82 Å². The Bertz CT molecular complexity index is 761. The molecule has 0 bridgehead atoms. The fourth-order valence-corrected chi connectivity index (χ4v) is 2.03. The van der Waals surface area contributed by atoms with Crippen LogP contribution in [0.5, 0.6) is 0 Å². The van der Waals surface area contributed by atoms with Crippen LogP contribution >= 0.6 is 0 Å². The number of benzene rings is 2. The van der Waals surface area contributed by atoms with Gasteiger partial charge in [-0.1, -0.05) is 29.8 Å².